The molecule has 2 heterocycles. The van der Waals surface area contributed by atoms with Crippen molar-refractivity contribution < 1.29 is 4.79 Å². The number of anilines is 1. The van der Waals surface area contributed by atoms with E-state index in [1.165, 1.54) is 5.56 Å². The topological polar surface area (TPSA) is 46.1 Å². The van der Waals surface area contributed by atoms with Gasteiger partial charge in [0.2, 0.25) is 0 Å². The lowest BCUT2D eigenvalue weighted by Crippen LogP contribution is -2.30. The fourth-order valence-electron chi connectivity index (χ4n) is 3.15. The first-order valence-electron chi connectivity index (χ1n) is 8.86. The predicted molar refractivity (Wildman–Crippen MR) is 118 cm³/mol. The Morgan fingerprint density at radius 1 is 1.14 bits per heavy atom. The molecule has 0 aliphatic carbocycles. The summed E-state index contributed by atoms with van der Waals surface area (Å²) in [6, 6.07) is 15.6. The van der Waals surface area contributed by atoms with Gasteiger partial charge in [0.25, 0.3) is 5.91 Å². The van der Waals surface area contributed by atoms with E-state index >= 15 is 0 Å². The van der Waals surface area contributed by atoms with Crippen LogP contribution in [0, 0.1) is 13.8 Å². The predicted octanol–water partition coefficient (Wildman–Crippen LogP) is 5.92. The molecule has 2 aromatic heterocycles. The molecule has 0 aliphatic heterocycles. The lowest BCUT2D eigenvalue weighted by molar-refractivity contribution is 0.0984. The van der Waals surface area contributed by atoms with Crippen molar-refractivity contribution in [3.8, 4) is 0 Å². The molecular formula is C22H18BrN3OS. The summed E-state index contributed by atoms with van der Waals surface area (Å²) in [5.41, 5.74) is 4.82. The molecular weight excluding hydrogens is 434 g/mol. The maximum Gasteiger partial charge on any atom is 0.261 e. The number of pyridine rings is 1. The van der Waals surface area contributed by atoms with Crippen LogP contribution in [0.4, 0.5) is 5.13 Å². The molecule has 0 N–H and O–H groups in total. The van der Waals surface area contributed by atoms with Gasteiger partial charge in [-0.25, -0.2) is 4.98 Å². The maximum absolute atomic E-state index is 13.4. The third kappa shape index (κ3) is 3.70. The number of thiazole rings is 1. The second-order valence-electron chi connectivity index (χ2n) is 6.66. The molecule has 0 radical (unpaired) electrons. The second kappa shape index (κ2) is 7.81. The summed E-state index contributed by atoms with van der Waals surface area (Å²) in [6.45, 7) is 4.54. The fourth-order valence-corrected chi connectivity index (χ4v) is 4.75. The van der Waals surface area contributed by atoms with Crippen molar-refractivity contribution in [1.82, 2.24) is 9.97 Å². The van der Waals surface area contributed by atoms with E-state index in [9.17, 15) is 4.79 Å². The summed E-state index contributed by atoms with van der Waals surface area (Å²) in [6.07, 6.45) is 3.51. The monoisotopic (exact) mass is 451 g/mol. The van der Waals surface area contributed by atoms with E-state index in [1.807, 2.05) is 36.4 Å². The van der Waals surface area contributed by atoms with Crippen LogP contribution in [0.1, 0.15) is 27.0 Å². The zero-order valence-corrected chi connectivity index (χ0v) is 17.9. The fraction of sp³-hybridized carbons (Fsp3) is 0.136. The van der Waals surface area contributed by atoms with E-state index in [4.69, 9.17) is 4.98 Å². The van der Waals surface area contributed by atoms with Crippen molar-refractivity contribution >= 4 is 48.5 Å². The largest absolute Gasteiger partial charge is 0.279 e. The number of benzene rings is 2. The number of amides is 1. The molecule has 0 bridgehead atoms. The van der Waals surface area contributed by atoms with E-state index in [-0.39, 0.29) is 5.91 Å². The summed E-state index contributed by atoms with van der Waals surface area (Å²) < 4.78 is 1.85. The van der Waals surface area contributed by atoms with Crippen LogP contribution in [0.25, 0.3) is 10.2 Å². The molecule has 0 saturated carbocycles. The van der Waals surface area contributed by atoms with Crippen LogP contribution in [-0.4, -0.2) is 15.9 Å². The number of aromatic nitrogens is 2. The van der Waals surface area contributed by atoms with Gasteiger partial charge in [-0.15, -0.1) is 0 Å². The number of carbonyl (C=O) groups excluding carboxylic acids is 1. The Labute approximate surface area is 176 Å². The Morgan fingerprint density at radius 3 is 2.71 bits per heavy atom. The van der Waals surface area contributed by atoms with Gasteiger partial charge in [-0.05, 0) is 70.7 Å². The molecule has 0 saturated heterocycles. The van der Waals surface area contributed by atoms with Gasteiger partial charge in [-0.1, -0.05) is 35.6 Å². The van der Waals surface area contributed by atoms with Crippen molar-refractivity contribution in [2.24, 2.45) is 0 Å². The maximum atomic E-state index is 13.4. The summed E-state index contributed by atoms with van der Waals surface area (Å²) in [5, 5.41) is 0.688. The molecule has 4 rings (SSSR count). The summed E-state index contributed by atoms with van der Waals surface area (Å²) in [7, 11) is 0. The first-order chi connectivity index (χ1) is 13.5. The molecule has 1 amide bonds. The van der Waals surface area contributed by atoms with Gasteiger partial charge in [-0.3, -0.25) is 14.7 Å². The molecule has 0 atom stereocenters. The number of halogens is 1. The third-order valence-corrected chi connectivity index (χ3v) is 6.18. The molecule has 0 spiro atoms. The highest BCUT2D eigenvalue weighted by Crippen LogP contribution is 2.33. The van der Waals surface area contributed by atoms with E-state index < -0.39 is 0 Å². The van der Waals surface area contributed by atoms with Gasteiger partial charge in [0.1, 0.15) is 0 Å². The van der Waals surface area contributed by atoms with Gasteiger partial charge in [-0.2, -0.15) is 0 Å². The second-order valence-corrected chi connectivity index (χ2v) is 8.52. The standard InChI is InChI=1S/C22H18BrN3OS/c1-14-10-15(2)20-19(11-14)28-22(25-20)26(13-16-6-5-9-24-12-16)21(27)17-7-3-4-8-18(17)23/h3-12H,13H2,1-2H3. The SMILES string of the molecule is Cc1cc(C)c2nc(N(Cc3cccnc3)C(=O)c3ccccc3Br)sc2c1. The molecule has 0 aliphatic rings. The zero-order chi connectivity index (χ0) is 19.7. The molecule has 4 nitrogen and oxygen atoms in total. The Hall–Kier alpha value is -2.57. The minimum absolute atomic E-state index is 0.0928. The third-order valence-electron chi connectivity index (χ3n) is 4.46. The molecule has 28 heavy (non-hydrogen) atoms. The smallest absolute Gasteiger partial charge is 0.261 e. The van der Waals surface area contributed by atoms with Gasteiger partial charge in [0.05, 0.1) is 22.3 Å². The van der Waals surface area contributed by atoms with Gasteiger partial charge >= 0.3 is 0 Å². The number of nitrogens with zero attached hydrogens (tertiary/aromatic N) is 3. The quantitative estimate of drug-likeness (QED) is 0.386. The highest BCUT2D eigenvalue weighted by atomic mass is 79.9. The Morgan fingerprint density at radius 2 is 1.96 bits per heavy atom. The van der Waals surface area contributed by atoms with E-state index in [0.717, 1.165) is 25.8 Å². The van der Waals surface area contributed by atoms with Crippen LogP contribution in [-0.2, 0) is 6.54 Å². The highest BCUT2D eigenvalue weighted by Gasteiger charge is 2.23. The average Bonchev–Trinajstić information content (AvgIpc) is 3.11. The molecule has 140 valence electrons. The molecule has 0 fully saturated rings. The number of rotatable bonds is 4. The highest BCUT2D eigenvalue weighted by molar-refractivity contribution is 9.10. The van der Waals surface area contributed by atoms with Crippen LogP contribution in [0.5, 0.6) is 0 Å². The Kier molecular flexibility index (Phi) is 5.24. The van der Waals surface area contributed by atoms with E-state index in [0.29, 0.717) is 17.2 Å². The van der Waals surface area contributed by atoms with Crippen molar-refractivity contribution in [3.05, 3.63) is 87.7 Å². The lowest BCUT2D eigenvalue weighted by atomic mass is 10.1. The number of hydrogen-bond donors (Lipinski definition) is 0. The van der Waals surface area contributed by atoms with Crippen LogP contribution >= 0.6 is 27.3 Å². The van der Waals surface area contributed by atoms with E-state index in [1.54, 1.807) is 28.6 Å². The normalized spacial score (nSPS) is 11.0. The summed E-state index contributed by atoms with van der Waals surface area (Å²) >= 11 is 5.04. The van der Waals surface area contributed by atoms with Crippen molar-refractivity contribution in [3.63, 3.8) is 0 Å². The Balaban J connectivity index is 1.82. The van der Waals surface area contributed by atoms with Crippen LogP contribution in [0.2, 0.25) is 0 Å². The summed E-state index contributed by atoms with van der Waals surface area (Å²) in [5.74, 6) is -0.0928. The average molecular weight is 452 g/mol. The zero-order valence-electron chi connectivity index (χ0n) is 15.5. The van der Waals surface area contributed by atoms with Crippen LogP contribution in [0.15, 0.2) is 65.4 Å². The van der Waals surface area contributed by atoms with E-state index in [2.05, 4.69) is 46.9 Å². The minimum atomic E-state index is -0.0928. The van der Waals surface area contributed by atoms with Gasteiger partial charge in [0, 0.05) is 16.9 Å². The first kappa shape index (κ1) is 18.8. The minimum Gasteiger partial charge on any atom is -0.279 e. The molecule has 0 unspecified atom stereocenters. The van der Waals surface area contributed by atoms with Crippen LogP contribution < -0.4 is 4.90 Å². The van der Waals surface area contributed by atoms with Crippen molar-refractivity contribution in [2.45, 2.75) is 20.4 Å². The number of hydrogen-bond acceptors (Lipinski definition) is 4. The van der Waals surface area contributed by atoms with Crippen molar-refractivity contribution in [2.75, 3.05) is 4.90 Å². The molecule has 2 aromatic carbocycles. The number of fused-ring (bicyclic) bond motifs is 1. The van der Waals surface area contributed by atoms with Gasteiger partial charge in [0.15, 0.2) is 5.13 Å². The molecule has 4 aromatic rings. The first-order valence-corrected chi connectivity index (χ1v) is 10.5. The summed E-state index contributed by atoms with van der Waals surface area (Å²) in [4.78, 5) is 24.2. The van der Waals surface area contributed by atoms with Crippen LogP contribution in [0.3, 0.4) is 0 Å². The van der Waals surface area contributed by atoms with Gasteiger partial charge < -0.3 is 0 Å². The lowest BCUT2D eigenvalue weighted by Gasteiger charge is -2.20. The Bertz CT molecular complexity index is 1160. The molecule has 6 heteroatoms. The number of carbonyl (C=O) groups is 1. The van der Waals surface area contributed by atoms with Crippen molar-refractivity contribution in [1.29, 1.82) is 0 Å². The number of aryl methyl sites for hydroxylation is 2.